The van der Waals surface area contributed by atoms with E-state index in [-0.39, 0.29) is 11.7 Å². The molecule has 2 heterocycles. The third kappa shape index (κ3) is 4.57. The summed E-state index contributed by atoms with van der Waals surface area (Å²) in [6.45, 7) is 4.25. The standard InChI is InChI=1S/C29H25N3O2S/c1-3-34-24(33)18-35-29-26-25(21-10-6-4-7-11-21)27(22-12-8-5-9-13-22)32(28(26)30-19-31-29)23-16-14-20(2)15-17-23/h4-17,19H,3,18H2,1-2H3. The number of benzene rings is 3. The zero-order valence-electron chi connectivity index (χ0n) is 19.6. The summed E-state index contributed by atoms with van der Waals surface area (Å²) in [6, 6.07) is 29.1. The summed E-state index contributed by atoms with van der Waals surface area (Å²) in [5.41, 5.74) is 7.22. The van der Waals surface area contributed by atoms with E-state index in [0.29, 0.717) is 6.61 Å². The quantitative estimate of drug-likeness (QED) is 0.147. The Hall–Kier alpha value is -3.90. The van der Waals surface area contributed by atoms with Crippen LogP contribution in [0.1, 0.15) is 12.5 Å². The molecule has 3 aromatic carbocycles. The maximum Gasteiger partial charge on any atom is 0.316 e. The number of fused-ring (bicyclic) bond motifs is 1. The first-order chi connectivity index (χ1) is 17.2. The number of esters is 1. The van der Waals surface area contributed by atoms with Crippen LogP contribution < -0.4 is 0 Å². The molecule has 5 nitrogen and oxygen atoms in total. The Balaban J connectivity index is 1.85. The Morgan fingerprint density at radius 1 is 0.886 bits per heavy atom. The van der Waals surface area contributed by atoms with Crippen LogP contribution in [0.3, 0.4) is 0 Å². The summed E-state index contributed by atoms with van der Waals surface area (Å²) in [7, 11) is 0. The fraction of sp³-hybridized carbons (Fsp3) is 0.138. The van der Waals surface area contributed by atoms with Gasteiger partial charge in [-0.05, 0) is 37.1 Å². The van der Waals surface area contributed by atoms with Gasteiger partial charge in [0.1, 0.15) is 17.0 Å². The van der Waals surface area contributed by atoms with Gasteiger partial charge in [0.15, 0.2) is 0 Å². The Labute approximate surface area is 208 Å². The largest absolute Gasteiger partial charge is 0.465 e. The molecule has 0 saturated heterocycles. The number of carbonyl (C=O) groups is 1. The number of carbonyl (C=O) groups excluding carboxylic acids is 1. The lowest BCUT2D eigenvalue weighted by Crippen LogP contribution is -2.06. The predicted octanol–water partition coefficient (Wildman–Crippen LogP) is 6.72. The normalized spacial score (nSPS) is 11.0. The molecule has 0 fully saturated rings. The highest BCUT2D eigenvalue weighted by molar-refractivity contribution is 8.00. The monoisotopic (exact) mass is 479 g/mol. The first-order valence-corrected chi connectivity index (χ1v) is 12.5. The molecule has 2 aromatic heterocycles. The smallest absolute Gasteiger partial charge is 0.316 e. The highest BCUT2D eigenvalue weighted by Crippen LogP contribution is 2.44. The van der Waals surface area contributed by atoms with Crippen LogP contribution in [0.4, 0.5) is 0 Å². The molecule has 0 spiro atoms. The number of hydrogen-bond donors (Lipinski definition) is 0. The third-order valence-electron chi connectivity index (χ3n) is 5.75. The topological polar surface area (TPSA) is 57.0 Å². The second-order valence-corrected chi connectivity index (χ2v) is 9.06. The van der Waals surface area contributed by atoms with E-state index in [4.69, 9.17) is 9.72 Å². The van der Waals surface area contributed by atoms with E-state index in [0.717, 1.165) is 44.1 Å². The zero-order chi connectivity index (χ0) is 24.2. The molecule has 0 aliphatic rings. The Bertz CT molecular complexity index is 1460. The summed E-state index contributed by atoms with van der Waals surface area (Å²) < 4.78 is 7.36. The lowest BCUT2D eigenvalue weighted by molar-refractivity contribution is -0.139. The van der Waals surface area contributed by atoms with Gasteiger partial charge in [0.05, 0.1) is 23.4 Å². The lowest BCUT2D eigenvalue weighted by Gasteiger charge is -2.13. The van der Waals surface area contributed by atoms with Gasteiger partial charge in [-0.25, -0.2) is 9.97 Å². The molecule has 0 aliphatic heterocycles. The molecule has 174 valence electrons. The van der Waals surface area contributed by atoms with Gasteiger partial charge in [0.2, 0.25) is 0 Å². The van der Waals surface area contributed by atoms with Gasteiger partial charge in [-0.1, -0.05) is 90.1 Å². The van der Waals surface area contributed by atoms with Crippen LogP contribution in [-0.4, -0.2) is 32.9 Å². The van der Waals surface area contributed by atoms with E-state index < -0.39 is 0 Å². The van der Waals surface area contributed by atoms with Gasteiger partial charge in [-0.2, -0.15) is 0 Å². The number of aryl methyl sites for hydroxylation is 1. The average molecular weight is 480 g/mol. The van der Waals surface area contributed by atoms with Gasteiger partial charge < -0.3 is 4.74 Å². The molecular formula is C29H25N3O2S. The molecule has 35 heavy (non-hydrogen) atoms. The van der Waals surface area contributed by atoms with Gasteiger partial charge in [0.25, 0.3) is 0 Å². The predicted molar refractivity (Wildman–Crippen MR) is 142 cm³/mol. The molecule has 0 atom stereocenters. The molecule has 0 unspecified atom stereocenters. The highest BCUT2D eigenvalue weighted by atomic mass is 32.2. The first kappa shape index (κ1) is 22.9. The van der Waals surface area contributed by atoms with Crippen LogP contribution in [-0.2, 0) is 9.53 Å². The van der Waals surface area contributed by atoms with Crippen LogP contribution >= 0.6 is 11.8 Å². The first-order valence-electron chi connectivity index (χ1n) is 11.5. The number of thioether (sulfide) groups is 1. The second kappa shape index (κ2) is 10.2. The molecule has 0 bridgehead atoms. The van der Waals surface area contributed by atoms with Crippen molar-refractivity contribution in [1.29, 1.82) is 0 Å². The fourth-order valence-electron chi connectivity index (χ4n) is 4.23. The average Bonchev–Trinajstić information content (AvgIpc) is 3.25. The van der Waals surface area contributed by atoms with Crippen LogP contribution in [0.5, 0.6) is 0 Å². The van der Waals surface area contributed by atoms with Crippen LogP contribution in [0, 0.1) is 6.92 Å². The van der Waals surface area contributed by atoms with Crippen LogP contribution in [0.25, 0.3) is 39.1 Å². The Morgan fingerprint density at radius 3 is 2.20 bits per heavy atom. The Morgan fingerprint density at radius 2 is 1.54 bits per heavy atom. The van der Waals surface area contributed by atoms with E-state index in [1.165, 1.54) is 17.3 Å². The molecular weight excluding hydrogens is 454 g/mol. The summed E-state index contributed by atoms with van der Waals surface area (Å²) >= 11 is 1.38. The molecule has 0 radical (unpaired) electrons. The molecule has 5 aromatic rings. The van der Waals surface area contributed by atoms with Crippen molar-refractivity contribution in [3.05, 3.63) is 96.8 Å². The Kier molecular flexibility index (Phi) is 6.64. The second-order valence-electron chi connectivity index (χ2n) is 8.10. The highest BCUT2D eigenvalue weighted by Gasteiger charge is 2.25. The molecule has 0 N–H and O–H groups in total. The van der Waals surface area contributed by atoms with Gasteiger partial charge in [0, 0.05) is 11.3 Å². The van der Waals surface area contributed by atoms with Crippen molar-refractivity contribution in [2.75, 3.05) is 12.4 Å². The summed E-state index contributed by atoms with van der Waals surface area (Å²) in [5, 5.41) is 1.68. The zero-order valence-corrected chi connectivity index (χ0v) is 20.5. The summed E-state index contributed by atoms with van der Waals surface area (Å²) in [4.78, 5) is 21.5. The van der Waals surface area contributed by atoms with Crippen LogP contribution in [0.15, 0.2) is 96.3 Å². The number of ether oxygens (including phenoxy) is 1. The van der Waals surface area contributed by atoms with Gasteiger partial charge in [-0.15, -0.1) is 0 Å². The van der Waals surface area contributed by atoms with Crippen molar-refractivity contribution < 1.29 is 9.53 Å². The maximum atomic E-state index is 12.2. The minimum absolute atomic E-state index is 0.185. The van der Waals surface area contributed by atoms with Crippen molar-refractivity contribution >= 4 is 28.8 Å². The minimum Gasteiger partial charge on any atom is -0.465 e. The van der Waals surface area contributed by atoms with E-state index >= 15 is 0 Å². The van der Waals surface area contributed by atoms with E-state index in [9.17, 15) is 4.79 Å². The van der Waals surface area contributed by atoms with Gasteiger partial charge >= 0.3 is 5.97 Å². The SMILES string of the molecule is CCOC(=O)CSc1ncnc2c1c(-c1ccccc1)c(-c1ccccc1)n2-c1ccc(C)cc1. The van der Waals surface area contributed by atoms with E-state index in [1.807, 2.05) is 43.3 Å². The maximum absolute atomic E-state index is 12.2. The lowest BCUT2D eigenvalue weighted by atomic mass is 9.99. The van der Waals surface area contributed by atoms with Crippen molar-refractivity contribution in [2.24, 2.45) is 0 Å². The summed E-state index contributed by atoms with van der Waals surface area (Å²) in [6.07, 6.45) is 1.57. The molecule has 0 aliphatic carbocycles. The fourth-order valence-corrected chi connectivity index (χ4v) is 5.02. The number of nitrogens with zero attached hydrogens (tertiary/aromatic N) is 3. The van der Waals surface area contributed by atoms with Crippen LogP contribution in [0.2, 0.25) is 0 Å². The van der Waals surface area contributed by atoms with Crippen molar-refractivity contribution in [2.45, 2.75) is 18.9 Å². The van der Waals surface area contributed by atoms with Crippen molar-refractivity contribution in [3.8, 4) is 28.1 Å². The van der Waals surface area contributed by atoms with Crippen molar-refractivity contribution in [3.63, 3.8) is 0 Å². The van der Waals surface area contributed by atoms with E-state index in [1.54, 1.807) is 6.33 Å². The molecule has 5 rings (SSSR count). The molecule has 0 amide bonds. The van der Waals surface area contributed by atoms with E-state index in [2.05, 4.69) is 65.0 Å². The number of aromatic nitrogens is 3. The molecule has 0 saturated carbocycles. The minimum atomic E-state index is -0.258. The third-order valence-corrected chi connectivity index (χ3v) is 6.71. The number of rotatable bonds is 7. The molecule has 6 heteroatoms. The number of hydrogen-bond acceptors (Lipinski definition) is 5. The summed E-state index contributed by atoms with van der Waals surface area (Å²) in [5.74, 6) is -0.0725. The van der Waals surface area contributed by atoms with Gasteiger partial charge in [-0.3, -0.25) is 9.36 Å². The van der Waals surface area contributed by atoms with Crippen molar-refractivity contribution in [1.82, 2.24) is 14.5 Å².